The molecule has 0 amide bonds. The Kier molecular flexibility index (Phi) is 1.28. The minimum Gasteiger partial charge on any atom is -0.506 e. The van der Waals surface area contributed by atoms with E-state index in [-0.39, 0.29) is 5.76 Å². The second-order valence-electron chi connectivity index (χ2n) is 2.25. The molecule has 1 N–H and O–H groups in total. The first-order chi connectivity index (χ1) is 5.38. The Balaban J connectivity index is 2.56. The summed E-state index contributed by atoms with van der Waals surface area (Å²) in [6.45, 7) is 0.421. The number of fused-ring (bicyclic) bond motifs is 1. The van der Waals surface area contributed by atoms with Crippen LogP contribution in [0.3, 0.4) is 0 Å². The van der Waals surface area contributed by atoms with Gasteiger partial charge < -0.3 is 9.84 Å². The summed E-state index contributed by atoms with van der Waals surface area (Å²) in [5.41, 5.74) is 0.527. The van der Waals surface area contributed by atoms with Crippen molar-refractivity contribution in [2.24, 2.45) is 0 Å². The van der Waals surface area contributed by atoms with Crippen LogP contribution in [0.25, 0.3) is 5.76 Å². The van der Waals surface area contributed by atoms with Crippen molar-refractivity contribution in [1.82, 2.24) is 4.98 Å². The summed E-state index contributed by atoms with van der Waals surface area (Å²) in [4.78, 5) is 3.96. The lowest BCUT2D eigenvalue weighted by molar-refractivity contribution is 0.343. The molecule has 1 aliphatic rings. The average Bonchev–Trinajstić information content (AvgIpc) is 2.06. The smallest absolute Gasteiger partial charge is 0.149 e. The quantitative estimate of drug-likeness (QED) is 0.605. The monoisotopic (exact) mass is 149 g/mol. The number of rotatable bonds is 0. The SMILES string of the molecule is OC1=CCOc2cccnc21. The molecule has 0 aliphatic carbocycles. The number of aromatic nitrogens is 1. The molecule has 0 fully saturated rings. The number of aliphatic hydroxyl groups excluding tert-OH is 1. The van der Waals surface area contributed by atoms with Gasteiger partial charge in [-0.1, -0.05) is 0 Å². The van der Waals surface area contributed by atoms with Gasteiger partial charge >= 0.3 is 0 Å². The van der Waals surface area contributed by atoms with E-state index in [2.05, 4.69) is 4.98 Å². The summed E-state index contributed by atoms with van der Waals surface area (Å²) < 4.78 is 5.19. The first-order valence-corrected chi connectivity index (χ1v) is 3.35. The highest BCUT2D eigenvalue weighted by Gasteiger charge is 2.12. The van der Waals surface area contributed by atoms with Crippen LogP contribution in [0, 0.1) is 0 Å². The molecule has 1 aromatic heterocycles. The van der Waals surface area contributed by atoms with Crippen LogP contribution in [0.2, 0.25) is 0 Å². The lowest BCUT2D eigenvalue weighted by Gasteiger charge is -2.12. The number of aliphatic hydroxyl groups is 1. The Bertz CT molecular complexity index is 307. The van der Waals surface area contributed by atoms with Crippen molar-refractivity contribution in [2.75, 3.05) is 6.61 Å². The Morgan fingerprint density at radius 2 is 2.45 bits per heavy atom. The van der Waals surface area contributed by atoms with E-state index < -0.39 is 0 Å². The molecular weight excluding hydrogens is 142 g/mol. The summed E-state index contributed by atoms with van der Waals surface area (Å²) in [5, 5.41) is 9.28. The number of hydrogen-bond donors (Lipinski definition) is 1. The number of nitrogens with zero attached hydrogens (tertiary/aromatic N) is 1. The second-order valence-corrected chi connectivity index (χ2v) is 2.25. The van der Waals surface area contributed by atoms with E-state index in [9.17, 15) is 5.11 Å². The lowest BCUT2D eigenvalue weighted by atomic mass is 10.2. The standard InChI is InChI=1S/C8H7NO2/c10-6-3-5-11-7-2-1-4-9-8(6)7/h1-4,10H,5H2. The van der Waals surface area contributed by atoms with Crippen LogP contribution in [0.5, 0.6) is 5.75 Å². The van der Waals surface area contributed by atoms with Crippen molar-refractivity contribution in [3.63, 3.8) is 0 Å². The average molecular weight is 149 g/mol. The maximum atomic E-state index is 9.28. The zero-order chi connectivity index (χ0) is 7.68. The van der Waals surface area contributed by atoms with Crippen LogP contribution in [0.1, 0.15) is 5.69 Å². The van der Waals surface area contributed by atoms with Gasteiger partial charge in [0.25, 0.3) is 0 Å². The van der Waals surface area contributed by atoms with Gasteiger partial charge in [-0.15, -0.1) is 0 Å². The molecule has 0 aromatic carbocycles. The maximum absolute atomic E-state index is 9.28. The molecule has 0 radical (unpaired) electrons. The molecule has 56 valence electrons. The van der Waals surface area contributed by atoms with Crippen LogP contribution in [-0.2, 0) is 0 Å². The molecule has 2 rings (SSSR count). The van der Waals surface area contributed by atoms with E-state index in [1.807, 2.05) is 0 Å². The second kappa shape index (κ2) is 2.27. The van der Waals surface area contributed by atoms with Crippen molar-refractivity contribution in [3.05, 3.63) is 30.1 Å². The van der Waals surface area contributed by atoms with Crippen LogP contribution in [0.15, 0.2) is 24.4 Å². The first-order valence-electron chi connectivity index (χ1n) is 3.35. The highest BCUT2D eigenvalue weighted by molar-refractivity contribution is 5.62. The highest BCUT2D eigenvalue weighted by Crippen LogP contribution is 2.24. The summed E-state index contributed by atoms with van der Waals surface area (Å²) in [7, 11) is 0. The summed E-state index contributed by atoms with van der Waals surface area (Å²) in [5.74, 6) is 0.847. The Morgan fingerprint density at radius 3 is 3.27 bits per heavy atom. The van der Waals surface area contributed by atoms with Gasteiger partial charge in [0.05, 0.1) is 0 Å². The molecule has 0 atom stereocenters. The molecule has 0 spiro atoms. The molecule has 0 bridgehead atoms. The molecule has 0 saturated carbocycles. The van der Waals surface area contributed by atoms with Crippen LogP contribution in [0.4, 0.5) is 0 Å². The molecule has 1 aliphatic heterocycles. The topological polar surface area (TPSA) is 42.4 Å². The minimum absolute atomic E-state index is 0.201. The number of hydrogen-bond acceptors (Lipinski definition) is 3. The van der Waals surface area contributed by atoms with E-state index in [1.54, 1.807) is 24.4 Å². The van der Waals surface area contributed by atoms with Crippen molar-refractivity contribution < 1.29 is 9.84 Å². The number of ether oxygens (including phenoxy) is 1. The third-order valence-electron chi connectivity index (χ3n) is 1.53. The van der Waals surface area contributed by atoms with E-state index in [4.69, 9.17) is 4.74 Å². The van der Waals surface area contributed by atoms with Crippen molar-refractivity contribution in [1.29, 1.82) is 0 Å². The van der Waals surface area contributed by atoms with E-state index in [0.29, 0.717) is 18.1 Å². The van der Waals surface area contributed by atoms with E-state index in [0.717, 1.165) is 0 Å². The van der Waals surface area contributed by atoms with E-state index >= 15 is 0 Å². The van der Waals surface area contributed by atoms with Crippen molar-refractivity contribution in [3.8, 4) is 5.75 Å². The third-order valence-corrected chi connectivity index (χ3v) is 1.53. The Labute approximate surface area is 64.0 Å². The largest absolute Gasteiger partial charge is 0.506 e. The number of pyridine rings is 1. The third kappa shape index (κ3) is 0.941. The molecule has 0 saturated heterocycles. The van der Waals surface area contributed by atoms with Gasteiger partial charge in [-0.2, -0.15) is 0 Å². The van der Waals surface area contributed by atoms with E-state index in [1.165, 1.54) is 0 Å². The van der Waals surface area contributed by atoms with Crippen molar-refractivity contribution >= 4 is 5.76 Å². The predicted octanol–water partition coefficient (Wildman–Crippen LogP) is 1.37. The molecule has 1 aromatic rings. The van der Waals surface area contributed by atoms with Crippen LogP contribution < -0.4 is 4.74 Å². The van der Waals surface area contributed by atoms with Gasteiger partial charge in [0.2, 0.25) is 0 Å². The van der Waals surface area contributed by atoms with Gasteiger partial charge in [-0.3, -0.25) is 0 Å². The fraction of sp³-hybridized carbons (Fsp3) is 0.125. The molecular formula is C8H7NO2. The van der Waals surface area contributed by atoms with Gasteiger partial charge in [-0.05, 0) is 18.2 Å². The summed E-state index contributed by atoms with van der Waals surface area (Å²) in [6, 6.07) is 3.56. The molecule has 2 heterocycles. The fourth-order valence-electron chi connectivity index (χ4n) is 1.01. The van der Waals surface area contributed by atoms with Gasteiger partial charge in [0.1, 0.15) is 23.8 Å². The van der Waals surface area contributed by atoms with Gasteiger partial charge in [0.15, 0.2) is 0 Å². The first kappa shape index (κ1) is 6.22. The minimum atomic E-state index is 0.201. The normalized spacial score (nSPS) is 14.7. The van der Waals surface area contributed by atoms with Gasteiger partial charge in [0, 0.05) is 6.20 Å². The maximum Gasteiger partial charge on any atom is 0.149 e. The van der Waals surface area contributed by atoms with Crippen molar-refractivity contribution in [2.45, 2.75) is 0 Å². The van der Waals surface area contributed by atoms with Crippen LogP contribution in [-0.4, -0.2) is 16.7 Å². The Hall–Kier alpha value is -1.51. The molecule has 11 heavy (non-hydrogen) atoms. The molecule has 3 heteroatoms. The highest BCUT2D eigenvalue weighted by atomic mass is 16.5. The van der Waals surface area contributed by atoms with Crippen LogP contribution >= 0.6 is 0 Å². The zero-order valence-electron chi connectivity index (χ0n) is 5.82. The zero-order valence-corrected chi connectivity index (χ0v) is 5.82. The fourth-order valence-corrected chi connectivity index (χ4v) is 1.01. The lowest BCUT2D eigenvalue weighted by Crippen LogP contribution is -2.05. The van der Waals surface area contributed by atoms with Gasteiger partial charge in [-0.25, -0.2) is 4.98 Å². The predicted molar refractivity (Wildman–Crippen MR) is 40.3 cm³/mol. The Morgan fingerprint density at radius 1 is 1.55 bits per heavy atom. The molecule has 3 nitrogen and oxygen atoms in total. The molecule has 0 unspecified atom stereocenters. The summed E-state index contributed by atoms with van der Waals surface area (Å²) in [6.07, 6.45) is 3.22. The summed E-state index contributed by atoms with van der Waals surface area (Å²) >= 11 is 0.